The predicted molar refractivity (Wildman–Crippen MR) is 50.2 cm³/mol. The minimum atomic E-state index is -3.67. The van der Waals surface area contributed by atoms with E-state index in [4.69, 9.17) is 0 Å². The summed E-state index contributed by atoms with van der Waals surface area (Å²) in [7, 11) is 0. The number of halogens is 3. The molecule has 0 atom stereocenters. The molecular formula is C10H14F3N. The monoisotopic (exact) mass is 205 g/mol. The highest BCUT2D eigenvalue weighted by Crippen LogP contribution is 2.11. The first-order valence-corrected chi connectivity index (χ1v) is 4.28. The van der Waals surface area contributed by atoms with E-state index in [1.165, 1.54) is 5.56 Å². The van der Waals surface area contributed by atoms with E-state index in [0.29, 0.717) is 5.92 Å². The number of aryl methyl sites for hydroxylation is 1. The quantitative estimate of drug-likeness (QED) is 0.681. The largest absolute Gasteiger partial charge is 0.379 e. The molecule has 1 aromatic heterocycles. The molecule has 1 nitrogen and oxygen atoms in total. The lowest BCUT2D eigenvalue weighted by molar-refractivity contribution is 0.00819. The summed E-state index contributed by atoms with van der Waals surface area (Å²) in [5.74, 6) is 0.591. The van der Waals surface area contributed by atoms with Gasteiger partial charge in [0, 0.05) is 11.9 Å². The Bertz CT molecular complexity index is 241. The van der Waals surface area contributed by atoms with Crippen molar-refractivity contribution >= 4 is 0 Å². The number of hydrogen-bond donors (Lipinski definition) is 0. The van der Waals surface area contributed by atoms with Gasteiger partial charge in [0.25, 0.3) is 0 Å². The molecule has 0 fully saturated rings. The van der Waals surface area contributed by atoms with Gasteiger partial charge >= 0.3 is 6.68 Å². The van der Waals surface area contributed by atoms with Crippen LogP contribution in [0.5, 0.6) is 0 Å². The molecule has 4 heteroatoms. The molecule has 0 amide bonds. The summed E-state index contributed by atoms with van der Waals surface area (Å²) in [5.41, 5.74) is 2.40. The highest BCUT2D eigenvalue weighted by molar-refractivity contribution is 5.15. The van der Waals surface area contributed by atoms with Gasteiger partial charge in [-0.3, -0.25) is 4.98 Å². The molecule has 0 bridgehead atoms. The molecule has 0 saturated heterocycles. The average Bonchev–Trinajstić information content (AvgIpc) is 2.03. The van der Waals surface area contributed by atoms with Crippen LogP contribution in [0.1, 0.15) is 31.0 Å². The molecule has 0 aliphatic heterocycles. The minimum absolute atomic E-state index is 0.591. The Balaban J connectivity index is 0.000000364. The third kappa shape index (κ3) is 6.46. The highest BCUT2D eigenvalue weighted by atomic mass is 19.4. The van der Waals surface area contributed by atoms with Crippen LogP contribution in [0.4, 0.5) is 13.2 Å². The van der Waals surface area contributed by atoms with Gasteiger partial charge in [0.1, 0.15) is 0 Å². The van der Waals surface area contributed by atoms with Crippen molar-refractivity contribution in [2.45, 2.75) is 33.4 Å². The number of aromatic nitrogens is 1. The molecule has 0 saturated carbocycles. The molecule has 14 heavy (non-hydrogen) atoms. The summed E-state index contributed by atoms with van der Waals surface area (Å²) in [5, 5.41) is 0. The van der Waals surface area contributed by atoms with Crippen molar-refractivity contribution in [1.82, 2.24) is 4.98 Å². The van der Waals surface area contributed by atoms with E-state index in [1.807, 2.05) is 13.1 Å². The smallest absolute Gasteiger partial charge is 0.261 e. The van der Waals surface area contributed by atoms with Crippen LogP contribution in [0.15, 0.2) is 18.3 Å². The van der Waals surface area contributed by atoms with E-state index < -0.39 is 6.68 Å². The molecule has 0 aliphatic carbocycles. The van der Waals surface area contributed by atoms with Crippen LogP contribution in [0.25, 0.3) is 0 Å². The minimum Gasteiger partial charge on any atom is -0.261 e. The summed E-state index contributed by atoms with van der Waals surface area (Å²) in [4.78, 5) is 4.20. The predicted octanol–water partition coefficient (Wildman–Crippen LogP) is 3.69. The van der Waals surface area contributed by atoms with Gasteiger partial charge in [-0.25, -0.2) is 0 Å². The molecule has 1 aromatic rings. The lowest BCUT2D eigenvalue weighted by atomic mass is 10.1. The zero-order chi connectivity index (χ0) is 11.1. The van der Waals surface area contributed by atoms with E-state index in [9.17, 15) is 13.2 Å². The van der Waals surface area contributed by atoms with Crippen LogP contribution in [0.2, 0.25) is 0 Å². The van der Waals surface area contributed by atoms with Gasteiger partial charge in [-0.2, -0.15) is 13.2 Å². The first-order valence-electron chi connectivity index (χ1n) is 4.28. The molecular weight excluding hydrogens is 191 g/mol. The van der Waals surface area contributed by atoms with E-state index in [1.54, 1.807) is 0 Å². The van der Waals surface area contributed by atoms with Crippen LogP contribution >= 0.6 is 0 Å². The third-order valence-electron chi connectivity index (χ3n) is 1.60. The lowest BCUT2D eigenvalue weighted by Crippen LogP contribution is -1.88. The summed E-state index contributed by atoms with van der Waals surface area (Å²) in [6.07, 6.45) is 1.94. The number of alkyl halides is 3. The molecule has 0 aliphatic rings. The standard InChI is InChI=1S/C9H13N.CHF3/c1-7(2)9-5-4-8(3)10-6-9;2-1(3)4/h4-7H,1-3H3;1H. The first-order chi connectivity index (χ1) is 6.43. The lowest BCUT2D eigenvalue weighted by Gasteiger charge is -2.02. The molecule has 0 unspecified atom stereocenters. The van der Waals surface area contributed by atoms with Crippen LogP contribution in [0, 0.1) is 6.92 Å². The Morgan fingerprint density at radius 1 is 1.14 bits per heavy atom. The fourth-order valence-electron chi connectivity index (χ4n) is 0.821. The highest BCUT2D eigenvalue weighted by Gasteiger charge is 1.96. The maximum absolute atomic E-state index is 9.67. The Morgan fingerprint density at radius 2 is 1.64 bits per heavy atom. The third-order valence-corrected chi connectivity index (χ3v) is 1.60. The van der Waals surface area contributed by atoms with Gasteiger partial charge in [0.2, 0.25) is 0 Å². The maximum atomic E-state index is 9.67. The maximum Gasteiger partial charge on any atom is 0.379 e. The average molecular weight is 205 g/mol. The Kier molecular flexibility index (Phi) is 5.92. The van der Waals surface area contributed by atoms with Crippen LogP contribution in [0.3, 0.4) is 0 Å². The number of hydrogen-bond acceptors (Lipinski definition) is 1. The Morgan fingerprint density at radius 3 is 1.93 bits per heavy atom. The SMILES string of the molecule is Cc1ccc(C(C)C)cn1.FC(F)F. The van der Waals surface area contributed by atoms with E-state index in [0.717, 1.165) is 5.69 Å². The van der Waals surface area contributed by atoms with Crippen molar-refractivity contribution in [1.29, 1.82) is 0 Å². The molecule has 1 rings (SSSR count). The van der Waals surface area contributed by atoms with Crippen molar-refractivity contribution in [2.75, 3.05) is 0 Å². The second-order valence-electron chi connectivity index (χ2n) is 3.14. The molecule has 0 radical (unpaired) electrons. The van der Waals surface area contributed by atoms with Crippen molar-refractivity contribution in [3.8, 4) is 0 Å². The summed E-state index contributed by atoms with van der Waals surface area (Å²) < 4.78 is 29.0. The van der Waals surface area contributed by atoms with Crippen molar-refractivity contribution < 1.29 is 13.2 Å². The zero-order valence-electron chi connectivity index (χ0n) is 8.47. The first kappa shape index (κ1) is 12.9. The van der Waals surface area contributed by atoms with Crippen LogP contribution in [-0.2, 0) is 0 Å². The van der Waals surface area contributed by atoms with Gasteiger partial charge in [-0.05, 0) is 24.5 Å². The van der Waals surface area contributed by atoms with Gasteiger partial charge in [0.15, 0.2) is 0 Å². The summed E-state index contributed by atoms with van der Waals surface area (Å²) >= 11 is 0. The second kappa shape index (κ2) is 6.40. The van der Waals surface area contributed by atoms with Crippen molar-refractivity contribution in [3.63, 3.8) is 0 Å². The Labute approximate surface area is 82.0 Å². The van der Waals surface area contributed by atoms with Gasteiger partial charge in [-0.15, -0.1) is 0 Å². The fraction of sp³-hybridized carbons (Fsp3) is 0.500. The Hall–Kier alpha value is -1.06. The molecule has 0 aromatic carbocycles. The number of nitrogens with zero attached hydrogens (tertiary/aromatic N) is 1. The molecule has 0 spiro atoms. The number of rotatable bonds is 1. The van der Waals surface area contributed by atoms with Gasteiger partial charge < -0.3 is 0 Å². The molecule has 1 heterocycles. The summed E-state index contributed by atoms with van der Waals surface area (Å²) in [6, 6.07) is 4.18. The van der Waals surface area contributed by atoms with Crippen LogP contribution in [-0.4, -0.2) is 11.7 Å². The normalized spacial score (nSPS) is 10.0. The van der Waals surface area contributed by atoms with Gasteiger partial charge in [0.05, 0.1) is 0 Å². The van der Waals surface area contributed by atoms with E-state index in [-0.39, 0.29) is 0 Å². The van der Waals surface area contributed by atoms with Crippen LogP contribution < -0.4 is 0 Å². The van der Waals surface area contributed by atoms with E-state index in [2.05, 4.69) is 31.0 Å². The van der Waals surface area contributed by atoms with Gasteiger partial charge in [-0.1, -0.05) is 19.9 Å². The topological polar surface area (TPSA) is 12.9 Å². The summed E-state index contributed by atoms with van der Waals surface area (Å²) in [6.45, 7) is 2.68. The molecule has 80 valence electrons. The van der Waals surface area contributed by atoms with Crippen molar-refractivity contribution in [2.24, 2.45) is 0 Å². The second-order valence-corrected chi connectivity index (χ2v) is 3.14. The van der Waals surface area contributed by atoms with Crippen molar-refractivity contribution in [3.05, 3.63) is 29.6 Å². The fourth-order valence-corrected chi connectivity index (χ4v) is 0.821. The number of pyridine rings is 1. The molecule has 0 N–H and O–H groups in total. The zero-order valence-corrected chi connectivity index (χ0v) is 8.47. The van der Waals surface area contributed by atoms with E-state index >= 15 is 0 Å².